The number of hydrogen-bond acceptors (Lipinski definition) is 3. The summed E-state index contributed by atoms with van der Waals surface area (Å²) in [5.41, 5.74) is 11.4. The number of nitrogens with two attached hydrogens (primary N) is 2. The van der Waals surface area contributed by atoms with E-state index in [-0.39, 0.29) is 16.1 Å². The molecule has 6 nitrogen and oxygen atoms in total. The predicted octanol–water partition coefficient (Wildman–Crippen LogP) is 4.98. The van der Waals surface area contributed by atoms with E-state index in [4.69, 9.17) is 34.7 Å². The maximum Gasteiger partial charge on any atom is 0.255 e. The van der Waals surface area contributed by atoms with E-state index in [0.717, 1.165) is 0 Å². The van der Waals surface area contributed by atoms with Gasteiger partial charge in [0, 0.05) is 28.5 Å². The summed E-state index contributed by atoms with van der Waals surface area (Å²) >= 11 is 11.2. The second-order valence-electron chi connectivity index (χ2n) is 7.08. The van der Waals surface area contributed by atoms with Crippen molar-refractivity contribution < 1.29 is 9.59 Å². The first-order valence-corrected chi connectivity index (χ1v) is 10.9. The molecule has 4 N–H and O–H groups in total. The van der Waals surface area contributed by atoms with Crippen molar-refractivity contribution in [1.82, 2.24) is 4.57 Å². The summed E-state index contributed by atoms with van der Waals surface area (Å²) in [6.45, 7) is 0. The van der Waals surface area contributed by atoms with Crippen molar-refractivity contribution in [2.45, 2.75) is 32.1 Å². The zero-order chi connectivity index (χ0) is 23.5. The van der Waals surface area contributed by atoms with Gasteiger partial charge >= 0.3 is 0 Å². The Kier molecular flexibility index (Phi) is 9.98. The SMILES string of the molecule is C1CCCC1.NC(=O)c1ccc(-n2ccccc2=O)cc1.NC(=O)c1ccc(Cl)cc1Cl. The van der Waals surface area contributed by atoms with Crippen LogP contribution in [0.2, 0.25) is 10.0 Å². The maximum atomic E-state index is 11.5. The van der Waals surface area contributed by atoms with Gasteiger partial charge in [0.05, 0.1) is 10.6 Å². The van der Waals surface area contributed by atoms with Gasteiger partial charge in [0.25, 0.3) is 5.56 Å². The number of hydrogen-bond donors (Lipinski definition) is 2. The minimum atomic E-state index is -0.549. The molecule has 2 aromatic carbocycles. The molecule has 8 heteroatoms. The molecule has 3 aromatic rings. The monoisotopic (exact) mass is 473 g/mol. The molecule has 0 aliphatic heterocycles. The van der Waals surface area contributed by atoms with Gasteiger partial charge in [-0.05, 0) is 48.5 Å². The summed E-state index contributed by atoms with van der Waals surface area (Å²) in [5, 5.41) is 0.769. The van der Waals surface area contributed by atoms with E-state index in [0.29, 0.717) is 16.3 Å². The highest BCUT2D eigenvalue weighted by atomic mass is 35.5. The lowest BCUT2D eigenvalue weighted by atomic mass is 10.2. The molecule has 0 saturated heterocycles. The van der Waals surface area contributed by atoms with Crippen molar-refractivity contribution >= 4 is 35.0 Å². The van der Waals surface area contributed by atoms with Gasteiger partial charge in [-0.15, -0.1) is 0 Å². The molecule has 0 spiro atoms. The molecule has 32 heavy (non-hydrogen) atoms. The molecule has 1 saturated carbocycles. The van der Waals surface area contributed by atoms with E-state index < -0.39 is 11.8 Å². The molecule has 0 radical (unpaired) electrons. The Labute approximate surface area is 196 Å². The second kappa shape index (κ2) is 12.7. The Bertz CT molecular complexity index is 1100. The lowest BCUT2D eigenvalue weighted by molar-refractivity contribution is 0.0992. The third-order valence-corrected chi connectivity index (χ3v) is 5.25. The van der Waals surface area contributed by atoms with Crippen LogP contribution < -0.4 is 17.0 Å². The largest absolute Gasteiger partial charge is 0.366 e. The normalized spacial score (nSPS) is 12.1. The standard InChI is InChI=1S/C12H10N2O2.C7H5Cl2NO.C5H10/c13-12(16)9-4-6-10(7-5-9)14-8-2-1-3-11(14)15;8-4-1-2-5(7(10)11)6(9)3-4;1-2-4-5-3-1/h1-8H,(H2,13,16);1-3H,(H2,10,11);1-5H2. The number of amides is 2. The quantitative estimate of drug-likeness (QED) is 0.559. The molecule has 1 aliphatic carbocycles. The Morgan fingerprint density at radius 2 is 1.38 bits per heavy atom. The van der Waals surface area contributed by atoms with Crippen LogP contribution in [0.1, 0.15) is 52.8 Å². The van der Waals surface area contributed by atoms with Gasteiger partial charge in [0.15, 0.2) is 0 Å². The van der Waals surface area contributed by atoms with Gasteiger partial charge in [0.2, 0.25) is 11.8 Å². The molecule has 1 heterocycles. The van der Waals surface area contributed by atoms with Crippen molar-refractivity contribution in [3.05, 3.63) is 98.4 Å². The molecule has 1 fully saturated rings. The topological polar surface area (TPSA) is 108 Å². The fraction of sp³-hybridized carbons (Fsp3) is 0.208. The summed E-state index contributed by atoms with van der Waals surface area (Å²) in [6.07, 6.45) is 9.17. The number of rotatable bonds is 3. The number of halogens is 2. The van der Waals surface area contributed by atoms with E-state index >= 15 is 0 Å². The van der Waals surface area contributed by atoms with Gasteiger partial charge < -0.3 is 11.5 Å². The molecule has 168 valence electrons. The van der Waals surface area contributed by atoms with Crippen LogP contribution in [0.3, 0.4) is 0 Å². The number of primary amides is 2. The van der Waals surface area contributed by atoms with E-state index in [9.17, 15) is 14.4 Å². The van der Waals surface area contributed by atoms with Crippen molar-refractivity contribution in [3.8, 4) is 5.69 Å². The van der Waals surface area contributed by atoms with Crippen LogP contribution in [0.15, 0.2) is 71.7 Å². The molecule has 0 unspecified atom stereocenters. The summed E-state index contributed by atoms with van der Waals surface area (Å²) in [7, 11) is 0. The maximum absolute atomic E-state index is 11.5. The average molecular weight is 474 g/mol. The number of aromatic nitrogens is 1. The first-order chi connectivity index (χ1) is 15.3. The third kappa shape index (κ3) is 7.87. The van der Waals surface area contributed by atoms with Crippen LogP contribution in [-0.2, 0) is 0 Å². The lowest BCUT2D eigenvalue weighted by Gasteiger charge is -2.04. The minimum absolute atomic E-state index is 0.116. The zero-order valence-corrected chi connectivity index (χ0v) is 19.0. The van der Waals surface area contributed by atoms with Crippen LogP contribution in [0, 0.1) is 0 Å². The van der Waals surface area contributed by atoms with E-state index in [2.05, 4.69) is 0 Å². The Morgan fingerprint density at radius 1 is 0.781 bits per heavy atom. The highest BCUT2D eigenvalue weighted by molar-refractivity contribution is 6.36. The molecular weight excluding hydrogens is 449 g/mol. The smallest absolute Gasteiger partial charge is 0.255 e. The van der Waals surface area contributed by atoms with Gasteiger partial charge in [-0.2, -0.15) is 0 Å². The van der Waals surface area contributed by atoms with E-state index in [1.807, 2.05) is 0 Å². The van der Waals surface area contributed by atoms with Crippen LogP contribution in [0.25, 0.3) is 5.69 Å². The van der Waals surface area contributed by atoms with Crippen LogP contribution >= 0.6 is 23.2 Å². The van der Waals surface area contributed by atoms with E-state index in [1.165, 1.54) is 54.9 Å². The molecule has 1 aromatic heterocycles. The summed E-state index contributed by atoms with van der Waals surface area (Å²) in [4.78, 5) is 33.0. The van der Waals surface area contributed by atoms with E-state index in [1.54, 1.807) is 48.7 Å². The number of benzene rings is 2. The average Bonchev–Trinajstić information content (AvgIpc) is 3.35. The van der Waals surface area contributed by atoms with Gasteiger partial charge in [0.1, 0.15) is 0 Å². The molecular formula is C24H25Cl2N3O3. The summed E-state index contributed by atoms with van der Waals surface area (Å²) in [5.74, 6) is -1.03. The lowest BCUT2D eigenvalue weighted by Crippen LogP contribution is -2.16. The molecule has 0 atom stereocenters. The Morgan fingerprint density at radius 3 is 1.84 bits per heavy atom. The second-order valence-corrected chi connectivity index (χ2v) is 7.92. The summed E-state index contributed by atoms with van der Waals surface area (Å²) in [6, 6.07) is 16.0. The zero-order valence-electron chi connectivity index (χ0n) is 17.5. The van der Waals surface area contributed by atoms with Gasteiger partial charge in [-0.25, -0.2) is 0 Å². The summed E-state index contributed by atoms with van der Waals surface area (Å²) < 4.78 is 1.49. The van der Waals surface area contributed by atoms with Crippen molar-refractivity contribution in [1.29, 1.82) is 0 Å². The van der Waals surface area contributed by atoms with Crippen molar-refractivity contribution in [3.63, 3.8) is 0 Å². The highest BCUT2D eigenvalue weighted by Crippen LogP contribution is 2.20. The van der Waals surface area contributed by atoms with Crippen LogP contribution in [0.5, 0.6) is 0 Å². The number of nitrogens with zero attached hydrogens (tertiary/aromatic N) is 1. The van der Waals surface area contributed by atoms with Crippen LogP contribution in [-0.4, -0.2) is 16.4 Å². The number of pyridine rings is 1. The fourth-order valence-electron chi connectivity index (χ4n) is 3.00. The predicted molar refractivity (Wildman–Crippen MR) is 129 cm³/mol. The molecule has 2 amide bonds. The highest BCUT2D eigenvalue weighted by Gasteiger charge is 2.05. The molecule has 0 bridgehead atoms. The van der Waals surface area contributed by atoms with Crippen molar-refractivity contribution in [2.24, 2.45) is 11.5 Å². The molecule has 4 rings (SSSR count). The van der Waals surface area contributed by atoms with Gasteiger partial charge in [-0.1, -0.05) is 61.4 Å². The first-order valence-electron chi connectivity index (χ1n) is 10.1. The van der Waals surface area contributed by atoms with Gasteiger partial charge in [-0.3, -0.25) is 19.0 Å². The Hall–Kier alpha value is -3.09. The fourth-order valence-corrected chi connectivity index (χ4v) is 3.50. The number of carbonyl (C=O) groups is 2. The third-order valence-electron chi connectivity index (χ3n) is 4.70. The van der Waals surface area contributed by atoms with Crippen molar-refractivity contribution in [2.75, 3.05) is 0 Å². The van der Waals surface area contributed by atoms with Crippen LogP contribution in [0.4, 0.5) is 0 Å². The first kappa shape index (κ1) is 25.2. The number of carbonyl (C=O) groups excluding carboxylic acids is 2. The molecule has 1 aliphatic rings. The Balaban J connectivity index is 0.000000195. The minimum Gasteiger partial charge on any atom is -0.366 e.